The first-order chi connectivity index (χ1) is 9.93. The van der Waals surface area contributed by atoms with Crippen LogP contribution in [0.1, 0.15) is 17.3 Å². The predicted molar refractivity (Wildman–Crippen MR) is 87.3 cm³/mol. The molecule has 0 spiro atoms. The second-order valence-corrected chi connectivity index (χ2v) is 6.19. The van der Waals surface area contributed by atoms with Crippen LogP contribution in [0.3, 0.4) is 0 Å². The summed E-state index contributed by atoms with van der Waals surface area (Å²) in [6.45, 7) is 1.96. The van der Waals surface area contributed by atoms with Crippen LogP contribution in [0.2, 0.25) is 0 Å². The summed E-state index contributed by atoms with van der Waals surface area (Å²) in [5.74, 6) is -0.652. The van der Waals surface area contributed by atoms with Gasteiger partial charge in [0.25, 0.3) is 5.91 Å². The summed E-state index contributed by atoms with van der Waals surface area (Å²) in [4.78, 5) is 28.3. The number of ether oxygens (including phenoxy) is 1. The van der Waals surface area contributed by atoms with E-state index in [9.17, 15) is 9.59 Å². The maximum absolute atomic E-state index is 12.4. The Hall–Kier alpha value is -1.34. The fraction of sp³-hybridized carbons (Fsp3) is 0.286. The van der Waals surface area contributed by atoms with Crippen LogP contribution in [-0.4, -0.2) is 42.0 Å². The third-order valence-corrected chi connectivity index (χ3v) is 4.82. The van der Waals surface area contributed by atoms with E-state index in [2.05, 4.69) is 36.8 Å². The average Bonchev–Trinajstić information content (AvgIpc) is 2.81. The maximum atomic E-state index is 12.4. The van der Waals surface area contributed by atoms with Crippen molar-refractivity contribution in [3.8, 4) is 0 Å². The highest BCUT2D eigenvalue weighted by molar-refractivity contribution is 9.13. The minimum atomic E-state index is -0.419. The van der Waals surface area contributed by atoms with E-state index in [4.69, 9.17) is 4.74 Å². The molecule has 1 amide bonds. The zero-order chi connectivity index (χ0) is 15.6. The number of nitrogens with one attached hydrogen (secondary N) is 1. The van der Waals surface area contributed by atoms with Crippen LogP contribution in [0.25, 0.3) is 10.9 Å². The Balaban J connectivity index is 2.27. The summed E-state index contributed by atoms with van der Waals surface area (Å²) in [5, 5.41) is 0.797. The van der Waals surface area contributed by atoms with Crippen LogP contribution in [0.15, 0.2) is 27.3 Å². The van der Waals surface area contributed by atoms with Crippen LogP contribution in [0.5, 0.6) is 0 Å². The van der Waals surface area contributed by atoms with E-state index >= 15 is 0 Å². The normalized spacial score (nSPS) is 10.7. The SMILES string of the molecule is CCOC(=O)CN(C)C(=O)c1c[nH]c2cc(Br)c(Br)cc12. The molecule has 1 aromatic carbocycles. The van der Waals surface area contributed by atoms with Gasteiger partial charge in [-0.2, -0.15) is 0 Å². The monoisotopic (exact) mass is 416 g/mol. The van der Waals surface area contributed by atoms with Gasteiger partial charge in [-0.25, -0.2) is 0 Å². The van der Waals surface area contributed by atoms with Gasteiger partial charge in [0.05, 0.1) is 12.2 Å². The van der Waals surface area contributed by atoms with Crippen molar-refractivity contribution in [2.24, 2.45) is 0 Å². The molecule has 0 saturated heterocycles. The Morgan fingerprint density at radius 3 is 2.62 bits per heavy atom. The van der Waals surface area contributed by atoms with Crippen molar-refractivity contribution in [2.75, 3.05) is 20.2 Å². The highest BCUT2D eigenvalue weighted by Gasteiger charge is 2.19. The number of nitrogens with zero attached hydrogens (tertiary/aromatic N) is 1. The largest absolute Gasteiger partial charge is 0.465 e. The fourth-order valence-electron chi connectivity index (χ4n) is 1.97. The quantitative estimate of drug-likeness (QED) is 0.776. The van der Waals surface area contributed by atoms with E-state index < -0.39 is 5.97 Å². The summed E-state index contributed by atoms with van der Waals surface area (Å²) in [6, 6.07) is 3.75. The third kappa shape index (κ3) is 3.47. The zero-order valence-corrected chi connectivity index (χ0v) is 14.7. The topological polar surface area (TPSA) is 62.4 Å². The molecule has 0 saturated carbocycles. The standard InChI is InChI=1S/C14H14Br2N2O3/c1-3-21-13(19)7-18(2)14(20)9-6-17-12-5-11(16)10(15)4-8(9)12/h4-6,17H,3,7H2,1-2H3. The lowest BCUT2D eigenvalue weighted by Gasteiger charge is -2.15. The van der Waals surface area contributed by atoms with Crippen LogP contribution in [0, 0.1) is 0 Å². The van der Waals surface area contributed by atoms with E-state index in [1.807, 2.05) is 12.1 Å². The highest BCUT2D eigenvalue weighted by atomic mass is 79.9. The van der Waals surface area contributed by atoms with Crippen molar-refractivity contribution in [3.05, 3.63) is 32.8 Å². The minimum Gasteiger partial charge on any atom is -0.465 e. The highest BCUT2D eigenvalue weighted by Crippen LogP contribution is 2.30. The van der Waals surface area contributed by atoms with E-state index in [0.717, 1.165) is 19.8 Å². The van der Waals surface area contributed by atoms with Crippen molar-refractivity contribution in [1.29, 1.82) is 0 Å². The number of halogens is 2. The molecule has 112 valence electrons. The number of amides is 1. The van der Waals surface area contributed by atoms with Crippen LogP contribution >= 0.6 is 31.9 Å². The van der Waals surface area contributed by atoms with E-state index in [1.54, 1.807) is 20.2 Å². The van der Waals surface area contributed by atoms with Crippen molar-refractivity contribution in [1.82, 2.24) is 9.88 Å². The van der Waals surface area contributed by atoms with Crippen LogP contribution < -0.4 is 0 Å². The minimum absolute atomic E-state index is 0.0724. The Bertz CT molecular complexity index is 697. The predicted octanol–water partition coefficient (Wildman–Crippen LogP) is 3.33. The molecule has 0 fully saturated rings. The van der Waals surface area contributed by atoms with E-state index in [-0.39, 0.29) is 12.5 Å². The van der Waals surface area contributed by atoms with Gasteiger partial charge in [0.1, 0.15) is 6.54 Å². The molecule has 2 rings (SSSR count). The van der Waals surface area contributed by atoms with Crippen LogP contribution in [0.4, 0.5) is 0 Å². The molecule has 0 aliphatic carbocycles. The van der Waals surface area contributed by atoms with E-state index in [0.29, 0.717) is 12.2 Å². The number of H-pyrrole nitrogens is 1. The number of hydrogen-bond donors (Lipinski definition) is 1. The molecular weight excluding hydrogens is 404 g/mol. The first-order valence-corrected chi connectivity index (χ1v) is 7.89. The number of aromatic nitrogens is 1. The van der Waals surface area contributed by atoms with Gasteiger partial charge in [-0.15, -0.1) is 0 Å². The molecule has 0 bridgehead atoms. The molecule has 0 radical (unpaired) electrons. The Kier molecular flexibility index (Phi) is 5.05. The number of rotatable bonds is 4. The fourth-order valence-corrected chi connectivity index (χ4v) is 2.66. The molecule has 1 N–H and O–H groups in total. The molecule has 21 heavy (non-hydrogen) atoms. The molecule has 0 unspecified atom stereocenters. The van der Waals surface area contributed by atoms with Gasteiger partial charge in [-0.3, -0.25) is 9.59 Å². The summed E-state index contributed by atoms with van der Waals surface area (Å²) in [5.41, 5.74) is 1.36. The Morgan fingerprint density at radius 1 is 1.29 bits per heavy atom. The first kappa shape index (κ1) is 16.0. The number of likely N-dealkylation sites (N-methyl/N-ethyl adjacent to an activating group) is 1. The summed E-state index contributed by atoms with van der Waals surface area (Å²) in [6.07, 6.45) is 1.65. The van der Waals surface area contributed by atoms with Gasteiger partial charge >= 0.3 is 5.97 Å². The van der Waals surface area contributed by atoms with Crippen molar-refractivity contribution < 1.29 is 14.3 Å². The third-order valence-electron chi connectivity index (χ3n) is 2.97. The second-order valence-electron chi connectivity index (χ2n) is 4.48. The zero-order valence-electron chi connectivity index (χ0n) is 11.6. The maximum Gasteiger partial charge on any atom is 0.325 e. The van der Waals surface area contributed by atoms with Crippen molar-refractivity contribution in [3.63, 3.8) is 0 Å². The molecular formula is C14H14Br2N2O3. The molecule has 0 atom stereocenters. The number of carbonyl (C=O) groups is 2. The molecule has 7 heteroatoms. The summed E-state index contributed by atoms with van der Waals surface area (Å²) in [7, 11) is 1.58. The molecule has 1 heterocycles. The number of fused-ring (bicyclic) bond motifs is 1. The molecule has 2 aromatic rings. The number of benzene rings is 1. The van der Waals surface area contributed by atoms with Crippen LogP contribution in [-0.2, 0) is 9.53 Å². The van der Waals surface area contributed by atoms with Gasteiger partial charge in [0.15, 0.2) is 0 Å². The number of carbonyl (C=O) groups excluding carboxylic acids is 2. The average molecular weight is 418 g/mol. The van der Waals surface area contributed by atoms with E-state index in [1.165, 1.54) is 4.90 Å². The lowest BCUT2D eigenvalue weighted by molar-refractivity contribution is -0.143. The number of hydrogen-bond acceptors (Lipinski definition) is 3. The first-order valence-electron chi connectivity index (χ1n) is 6.31. The Morgan fingerprint density at radius 2 is 1.95 bits per heavy atom. The molecule has 5 nitrogen and oxygen atoms in total. The van der Waals surface area contributed by atoms with Crippen molar-refractivity contribution >= 4 is 54.6 Å². The summed E-state index contributed by atoms with van der Waals surface area (Å²) < 4.78 is 6.60. The second kappa shape index (κ2) is 6.62. The van der Waals surface area contributed by atoms with Gasteiger partial charge < -0.3 is 14.6 Å². The smallest absolute Gasteiger partial charge is 0.325 e. The van der Waals surface area contributed by atoms with Gasteiger partial charge in [-0.1, -0.05) is 0 Å². The van der Waals surface area contributed by atoms with Crippen molar-refractivity contribution in [2.45, 2.75) is 6.92 Å². The number of esters is 1. The van der Waals surface area contributed by atoms with Gasteiger partial charge in [0, 0.05) is 33.1 Å². The Labute approximate surface area is 138 Å². The molecule has 1 aromatic heterocycles. The lowest BCUT2D eigenvalue weighted by atomic mass is 10.1. The lowest BCUT2D eigenvalue weighted by Crippen LogP contribution is -2.32. The van der Waals surface area contributed by atoms with Gasteiger partial charge in [-0.05, 0) is 50.9 Å². The van der Waals surface area contributed by atoms with Gasteiger partial charge in [0.2, 0.25) is 0 Å². The number of aromatic amines is 1. The molecule has 0 aliphatic heterocycles. The molecule has 0 aliphatic rings. The summed E-state index contributed by atoms with van der Waals surface area (Å²) >= 11 is 6.84.